The summed E-state index contributed by atoms with van der Waals surface area (Å²) in [6.45, 7) is 6.50. The molecule has 0 aromatic rings. The molecule has 0 heterocycles. The highest BCUT2D eigenvalue weighted by Gasteiger charge is 2.02. The highest BCUT2D eigenvalue weighted by molar-refractivity contribution is 4.56. The average molecular weight is 144 g/mol. The first-order valence-electron chi connectivity index (χ1n) is 4.34. The quantitative estimate of drug-likeness (QED) is 0.628. The molecule has 0 aromatic heterocycles. The summed E-state index contributed by atoms with van der Waals surface area (Å²) in [7, 11) is 0. The molecular formula is C9H20O. The summed E-state index contributed by atoms with van der Waals surface area (Å²) in [6.07, 6.45) is 4.14. The lowest BCUT2D eigenvalue weighted by Gasteiger charge is -2.09. The van der Waals surface area contributed by atoms with Crippen LogP contribution < -0.4 is 0 Å². The summed E-state index contributed by atoms with van der Waals surface area (Å²) in [4.78, 5) is 0. The lowest BCUT2D eigenvalue weighted by atomic mass is 10.0. The van der Waals surface area contributed by atoms with Crippen molar-refractivity contribution >= 4 is 0 Å². The molecule has 10 heavy (non-hydrogen) atoms. The van der Waals surface area contributed by atoms with E-state index in [0.29, 0.717) is 0 Å². The fourth-order valence-corrected chi connectivity index (χ4v) is 1.00. The molecule has 0 spiro atoms. The average Bonchev–Trinajstić information content (AvgIpc) is 1.85. The second-order valence-electron chi connectivity index (χ2n) is 3.41. The number of rotatable bonds is 5. The van der Waals surface area contributed by atoms with Gasteiger partial charge in [-0.3, -0.25) is 0 Å². The molecule has 0 aliphatic heterocycles. The highest BCUT2D eigenvalue weighted by Crippen LogP contribution is 2.09. The maximum atomic E-state index is 9.30. The third-order valence-corrected chi connectivity index (χ3v) is 1.70. The smallest absolute Gasteiger partial charge is 0.0540 e. The van der Waals surface area contributed by atoms with Gasteiger partial charge in [0.1, 0.15) is 0 Å². The molecule has 1 heteroatoms. The summed E-state index contributed by atoms with van der Waals surface area (Å²) in [6, 6.07) is 0. The molecular weight excluding hydrogens is 124 g/mol. The topological polar surface area (TPSA) is 20.2 Å². The van der Waals surface area contributed by atoms with E-state index in [9.17, 15) is 5.11 Å². The van der Waals surface area contributed by atoms with Gasteiger partial charge in [0.25, 0.3) is 0 Å². The Balaban J connectivity index is 3.12. The Labute approximate surface area is 64.5 Å². The van der Waals surface area contributed by atoms with Crippen LogP contribution in [0.5, 0.6) is 0 Å². The molecule has 0 amide bonds. The third-order valence-electron chi connectivity index (χ3n) is 1.70. The lowest BCUT2D eigenvalue weighted by Crippen LogP contribution is -2.06. The van der Waals surface area contributed by atoms with Crippen LogP contribution in [0.3, 0.4) is 0 Å². The first kappa shape index (κ1) is 9.96. The monoisotopic (exact) mass is 144 g/mol. The Kier molecular flexibility index (Phi) is 5.70. The molecule has 0 aliphatic carbocycles. The Morgan fingerprint density at radius 1 is 1.10 bits per heavy atom. The lowest BCUT2D eigenvalue weighted by molar-refractivity contribution is 0.146. The highest BCUT2D eigenvalue weighted by atomic mass is 16.3. The van der Waals surface area contributed by atoms with Gasteiger partial charge in [0.05, 0.1) is 6.10 Å². The van der Waals surface area contributed by atoms with Crippen molar-refractivity contribution in [2.24, 2.45) is 5.92 Å². The minimum absolute atomic E-state index is 0.0487. The fourth-order valence-electron chi connectivity index (χ4n) is 1.00. The SMILES string of the molecule is CCC[C@H](O)CCC(C)C. The predicted molar refractivity (Wildman–Crippen MR) is 45.0 cm³/mol. The van der Waals surface area contributed by atoms with E-state index < -0.39 is 0 Å². The summed E-state index contributed by atoms with van der Waals surface area (Å²) in [5, 5.41) is 9.30. The molecule has 0 bridgehead atoms. The maximum Gasteiger partial charge on any atom is 0.0540 e. The molecule has 0 radical (unpaired) electrons. The van der Waals surface area contributed by atoms with Gasteiger partial charge in [0.2, 0.25) is 0 Å². The van der Waals surface area contributed by atoms with Crippen molar-refractivity contribution in [3.05, 3.63) is 0 Å². The van der Waals surface area contributed by atoms with Gasteiger partial charge in [-0.1, -0.05) is 27.2 Å². The van der Waals surface area contributed by atoms with Crippen LogP contribution in [0.1, 0.15) is 46.5 Å². The molecule has 0 saturated carbocycles. The van der Waals surface area contributed by atoms with Crippen molar-refractivity contribution in [3.8, 4) is 0 Å². The van der Waals surface area contributed by atoms with E-state index in [1.54, 1.807) is 0 Å². The van der Waals surface area contributed by atoms with E-state index in [4.69, 9.17) is 0 Å². The van der Waals surface area contributed by atoms with Crippen molar-refractivity contribution in [2.75, 3.05) is 0 Å². The zero-order chi connectivity index (χ0) is 7.98. The van der Waals surface area contributed by atoms with E-state index in [-0.39, 0.29) is 6.10 Å². The molecule has 1 N–H and O–H groups in total. The van der Waals surface area contributed by atoms with Crippen molar-refractivity contribution in [2.45, 2.75) is 52.6 Å². The van der Waals surface area contributed by atoms with Crippen molar-refractivity contribution in [1.82, 2.24) is 0 Å². The number of aliphatic hydroxyl groups excluding tert-OH is 1. The van der Waals surface area contributed by atoms with Crippen LogP contribution >= 0.6 is 0 Å². The van der Waals surface area contributed by atoms with E-state index in [0.717, 1.165) is 31.6 Å². The molecule has 0 aliphatic rings. The molecule has 1 nitrogen and oxygen atoms in total. The van der Waals surface area contributed by atoms with E-state index in [1.165, 1.54) is 0 Å². The Bertz CT molecular complexity index is 69.1. The Hall–Kier alpha value is -0.0400. The molecule has 0 rings (SSSR count). The minimum atomic E-state index is -0.0487. The van der Waals surface area contributed by atoms with Crippen molar-refractivity contribution in [3.63, 3.8) is 0 Å². The molecule has 0 aromatic carbocycles. The summed E-state index contributed by atoms with van der Waals surface area (Å²) in [5.41, 5.74) is 0. The van der Waals surface area contributed by atoms with Crippen LogP contribution in [0.4, 0.5) is 0 Å². The fraction of sp³-hybridized carbons (Fsp3) is 1.00. The van der Waals surface area contributed by atoms with Crippen LogP contribution in [-0.2, 0) is 0 Å². The van der Waals surface area contributed by atoms with Gasteiger partial charge in [-0.05, 0) is 25.2 Å². The Morgan fingerprint density at radius 3 is 2.10 bits per heavy atom. The number of aliphatic hydroxyl groups is 1. The summed E-state index contributed by atoms with van der Waals surface area (Å²) in [5.74, 6) is 0.728. The third kappa shape index (κ3) is 6.09. The van der Waals surface area contributed by atoms with Gasteiger partial charge in [-0.2, -0.15) is 0 Å². The van der Waals surface area contributed by atoms with Crippen LogP contribution in [0.2, 0.25) is 0 Å². The minimum Gasteiger partial charge on any atom is -0.393 e. The first-order chi connectivity index (χ1) is 4.66. The molecule has 1 atom stereocenters. The van der Waals surface area contributed by atoms with Crippen LogP contribution in [0.15, 0.2) is 0 Å². The first-order valence-corrected chi connectivity index (χ1v) is 4.34. The second kappa shape index (κ2) is 5.72. The standard InChI is InChI=1S/C9H20O/c1-4-5-9(10)7-6-8(2)3/h8-10H,4-7H2,1-3H3/t9-/m0/s1. The van der Waals surface area contributed by atoms with Crippen molar-refractivity contribution < 1.29 is 5.11 Å². The van der Waals surface area contributed by atoms with Gasteiger partial charge in [0.15, 0.2) is 0 Å². The zero-order valence-corrected chi connectivity index (χ0v) is 7.43. The van der Waals surface area contributed by atoms with Crippen LogP contribution in [-0.4, -0.2) is 11.2 Å². The van der Waals surface area contributed by atoms with E-state index >= 15 is 0 Å². The largest absolute Gasteiger partial charge is 0.393 e. The number of hydrogen-bond donors (Lipinski definition) is 1. The van der Waals surface area contributed by atoms with Gasteiger partial charge >= 0.3 is 0 Å². The van der Waals surface area contributed by atoms with Gasteiger partial charge in [-0.25, -0.2) is 0 Å². The summed E-state index contributed by atoms with van der Waals surface area (Å²) < 4.78 is 0. The maximum absolute atomic E-state index is 9.30. The predicted octanol–water partition coefficient (Wildman–Crippen LogP) is 2.58. The van der Waals surface area contributed by atoms with Gasteiger partial charge in [0, 0.05) is 0 Å². The van der Waals surface area contributed by atoms with Crippen LogP contribution in [0.25, 0.3) is 0 Å². The molecule has 62 valence electrons. The van der Waals surface area contributed by atoms with Crippen LogP contribution in [0, 0.1) is 5.92 Å². The molecule has 0 unspecified atom stereocenters. The molecule has 0 saturated heterocycles. The summed E-state index contributed by atoms with van der Waals surface area (Å²) >= 11 is 0. The normalized spacial score (nSPS) is 14.1. The number of hydrogen-bond acceptors (Lipinski definition) is 1. The zero-order valence-electron chi connectivity index (χ0n) is 7.43. The van der Waals surface area contributed by atoms with Crippen molar-refractivity contribution in [1.29, 1.82) is 0 Å². The van der Waals surface area contributed by atoms with E-state index in [1.807, 2.05) is 0 Å². The molecule has 0 fully saturated rings. The Morgan fingerprint density at radius 2 is 1.70 bits per heavy atom. The second-order valence-corrected chi connectivity index (χ2v) is 3.41. The van der Waals surface area contributed by atoms with Gasteiger partial charge in [-0.15, -0.1) is 0 Å². The van der Waals surface area contributed by atoms with Gasteiger partial charge < -0.3 is 5.11 Å². The van der Waals surface area contributed by atoms with E-state index in [2.05, 4.69) is 20.8 Å².